The van der Waals surface area contributed by atoms with Crippen LogP contribution in [0.3, 0.4) is 0 Å². The Balaban J connectivity index is 1.61. The lowest BCUT2D eigenvalue weighted by atomic mass is 10.0. The minimum absolute atomic E-state index is 0.657. The summed E-state index contributed by atoms with van der Waals surface area (Å²) in [7, 11) is 0. The lowest BCUT2D eigenvalue weighted by Crippen LogP contribution is -2.37. The van der Waals surface area contributed by atoms with E-state index in [0.717, 1.165) is 31.1 Å². The lowest BCUT2D eigenvalue weighted by Gasteiger charge is -2.30. The Morgan fingerprint density at radius 2 is 2.33 bits per heavy atom. The maximum atomic E-state index is 5.94. The van der Waals surface area contributed by atoms with Gasteiger partial charge in [-0.2, -0.15) is 0 Å². The fourth-order valence-electron chi connectivity index (χ4n) is 2.74. The summed E-state index contributed by atoms with van der Waals surface area (Å²) in [4.78, 5) is 2.56. The number of halogens is 1. The minimum Gasteiger partial charge on any atom is -0.362 e. The monoisotopic (exact) mass is 325 g/mol. The Hall–Kier alpha value is -0.840. The summed E-state index contributed by atoms with van der Waals surface area (Å²) in [5.74, 6) is 0.845. The number of piperidine rings is 1. The normalized spacial score (nSPS) is 19.2. The molecule has 0 amide bonds. The van der Waals surface area contributed by atoms with Crippen LogP contribution in [0.1, 0.15) is 26.2 Å². The highest BCUT2D eigenvalue weighted by molar-refractivity contribution is 7.80. The highest BCUT2D eigenvalue weighted by Gasteiger charge is 2.15. The van der Waals surface area contributed by atoms with Gasteiger partial charge in [-0.05, 0) is 68.7 Å². The smallest absolute Gasteiger partial charge is 0.170 e. The van der Waals surface area contributed by atoms with Crippen LogP contribution in [0.15, 0.2) is 24.3 Å². The molecule has 0 bridgehead atoms. The van der Waals surface area contributed by atoms with Crippen LogP contribution in [-0.2, 0) is 0 Å². The van der Waals surface area contributed by atoms with Crippen molar-refractivity contribution < 1.29 is 0 Å². The third-order valence-corrected chi connectivity index (χ3v) is 4.24. The van der Waals surface area contributed by atoms with E-state index in [1.54, 1.807) is 0 Å². The summed E-state index contributed by atoms with van der Waals surface area (Å²) >= 11 is 11.2. The highest BCUT2D eigenvalue weighted by atomic mass is 35.5. The number of hydrogen-bond donors (Lipinski definition) is 2. The van der Waals surface area contributed by atoms with E-state index < -0.39 is 0 Å². The van der Waals surface area contributed by atoms with Gasteiger partial charge in [-0.25, -0.2) is 0 Å². The van der Waals surface area contributed by atoms with E-state index >= 15 is 0 Å². The van der Waals surface area contributed by atoms with Crippen LogP contribution in [0.4, 0.5) is 5.69 Å². The summed E-state index contributed by atoms with van der Waals surface area (Å²) in [6, 6.07) is 7.58. The van der Waals surface area contributed by atoms with E-state index in [9.17, 15) is 0 Å². The van der Waals surface area contributed by atoms with Crippen molar-refractivity contribution in [1.82, 2.24) is 10.2 Å². The third-order valence-electron chi connectivity index (χ3n) is 3.76. The van der Waals surface area contributed by atoms with Gasteiger partial charge in [0.2, 0.25) is 0 Å². The molecule has 2 N–H and O–H groups in total. The molecule has 1 aliphatic rings. The van der Waals surface area contributed by atoms with E-state index in [1.807, 2.05) is 24.3 Å². The number of thiocarbonyl (C=S) groups is 1. The first-order valence-corrected chi connectivity index (χ1v) is 8.45. The van der Waals surface area contributed by atoms with Gasteiger partial charge in [-0.1, -0.05) is 24.6 Å². The van der Waals surface area contributed by atoms with Crippen LogP contribution in [0.25, 0.3) is 0 Å². The molecule has 5 heteroatoms. The molecule has 1 aromatic rings. The largest absolute Gasteiger partial charge is 0.362 e. The Bertz CT molecular complexity index is 467. The molecular weight excluding hydrogens is 302 g/mol. The van der Waals surface area contributed by atoms with Gasteiger partial charge in [0.05, 0.1) is 0 Å². The van der Waals surface area contributed by atoms with Crippen molar-refractivity contribution in [2.45, 2.75) is 26.2 Å². The van der Waals surface area contributed by atoms with Gasteiger partial charge in [-0.3, -0.25) is 0 Å². The van der Waals surface area contributed by atoms with E-state index in [4.69, 9.17) is 23.8 Å². The fourth-order valence-corrected chi connectivity index (χ4v) is 3.15. The number of rotatable bonds is 5. The van der Waals surface area contributed by atoms with Crippen molar-refractivity contribution in [3.63, 3.8) is 0 Å². The molecule has 0 aliphatic carbocycles. The van der Waals surface area contributed by atoms with Gasteiger partial charge in [-0.15, -0.1) is 0 Å². The first-order chi connectivity index (χ1) is 10.1. The first kappa shape index (κ1) is 16.5. The van der Waals surface area contributed by atoms with E-state index in [-0.39, 0.29) is 0 Å². The van der Waals surface area contributed by atoms with Crippen molar-refractivity contribution in [1.29, 1.82) is 0 Å². The van der Waals surface area contributed by atoms with Crippen LogP contribution < -0.4 is 10.6 Å². The molecule has 1 aromatic carbocycles. The molecule has 3 nitrogen and oxygen atoms in total. The van der Waals surface area contributed by atoms with Crippen LogP contribution >= 0.6 is 23.8 Å². The third kappa shape index (κ3) is 6.20. The number of nitrogens with one attached hydrogen (secondary N) is 2. The summed E-state index contributed by atoms with van der Waals surface area (Å²) in [6.45, 7) is 6.88. The Labute approximate surface area is 138 Å². The quantitative estimate of drug-likeness (QED) is 0.637. The molecule has 21 heavy (non-hydrogen) atoms. The molecule has 0 aromatic heterocycles. The maximum absolute atomic E-state index is 5.94. The van der Waals surface area contributed by atoms with Crippen molar-refractivity contribution in [3.05, 3.63) is 29.3 Å². The number of anilines is 1. The van der Waals surface area contributed by atoms with Crippen LogP contribution in [0.5, 0.6) is 0 Å². The van der Waals surface area contributed by atoms with Gasteiger partial charge in [0.15, 0.2) is 5.11 Å². The Kier molecular flexibility index (Phi) is 6.74. The second-order valence-corrected chi connectivity index (χ2v) is 6.64. The standard InChI is InChI=1S/C16H24ClN3S/c1-13-5-3-9-20(12-13)10-4-8-18-16(21)19-15-7-2-6-14(17)11-15/h2,6-7,11,13H,3-5,8-10,12H2,1H3,(H2,18,19,21)/t13-/m1/s1. The molecule has 1 heterocycles. The van der Waals surface area contributed by atoms with E-state index in [0.29, 0.717) is 10.1 Å². The molecule has 1 saturated heterocycles. The minimum atomic E-state index is 0.657. The summed E-state index contributed by atoms with van der Waals surface area (Å²) in [6.07, 6.45) is 3.83. The van der Waals surface area contributed by atoms with Gasteiger partial charge >= 0.3 is 0 Å². The fraction of sp³-hybridized carbons (Fsp3) is 0.562. The Morgan fingerprint density at radius 3 is 3.10 bits per heavy atom. The molecule has 1 atom stereocenters. The van der Waals surface area contributed by atoms with Crippen molar-refractivity contribution in [2.24, 2.45) is 5.92 Å². The molecule has 0 saturated carbocycles. The van der Waals surface area contributed by atoms with Crippen LogP contribution in [0, 0.1) is 5.92 Å². The molecule has 116 valence electrons. The molecule has 1 aliphatic heterocycles. The maximum Gasteiger partial charge on any atom is 0.170 e. The van der Waals surface area contributed by atoms with Crippen LogP contribution in [0.2, 0.25) is 5.02 Å². The van der Waals surface area contributed by atoms with Gasteiger partial charge in [0, 0.05) is 23.8 Å². The number of hydrogen-bond acceptors (Lipinski definition) is 2. The van der Waals surface area contributed by atoms with Crippen molar-refractivity contribution in [3.8, 4) is 0 Å². The SMILES string of the molecule is C[C@@H]1CCCN(CCCNC(=S)Nc2cccc(Cl)c2)C1. The average molecular weight is 326 g/mol. The zero-order chi connectivity index (χ0) is 15.1. The summed E-state index contributed by atoms with van der Waals surface area (Å²) < 4.78 is 0. The van der Waals surface area contributed by atoms with Gasteiger partial charge in [0.25, 0.3) is 0 Å². The second-order valence-electron chi connectivity index (χ2n) is 5.79. The zero-order valence-corrected chi connectivity index (χ0v) is 14.1. The van der Waals surface area contributed by atoms with Crippen molar-refractivity contribution in [2.75, 3.05) is 31.5 Å². The predicted molar refractivity (Wildman–Crippen MR) is 95.1 cm³/mol. The topological polar surface area (TPSA) is 27.3 Å². The first-order valence-electron chi connectivity index (χ1n) is 7.66. The number of nitrogens with zero attached hydrogens (tertiary/aromatic N) is 1. The lowest BCUT2D eigenvalue weighted by molar-refractivity contribution is 0.182. The number of likely N-dealkylation sites (tertiary alicyclic amines) is 1. The average Bonchev–Trinajstić information content (AvgIpc) is 2.44. The zero-order valence-electron chi connectivity index (χ0n) is 12.6. The van der Waals surface area contributed by atoms with Gasteiger partial charge in [0.1, 0.15) is 0 Å². The Morgan fingerprint density at radius 1 is 1.48 bits per heavy atom. The summed E-state index contributed by atoms with van der Waals surface area (Å²) in [5, 5.41) is 7.77. The molecule has 0 unspecified atom stereocenters. The van der Waals surface area contributed by atoms with E-state index in [1.165, 1.54) is 25.9 Å². The highest BCUT2D eigenvalue weighted by Crippen LogP contribution is 2.15. The molecule has 1 fully saturated rings. The second kappa shape index (κ2) is 8.57. The molecule has 0 radical (unpaired) electrons. The summed E-state index contributed by atoms with van der Waals surface area (Å²) in [5.41, 5.74) is 0.921. The van der Waals surface area contributed by atoms with Gasteiger partial charge < -0.3 is 15.5 Å². The molecule has 0 spiro atoms. The van der Waals surface area contributed by atoms with Crippen LogP contribution in [-0.4, -0.2) is 36.2 Å². The van der Waals surface area contributed by atoms with E-state index in [2.05, 4.69) is 22.5 Å². The molecule has 2 rings (SSSR count). The molecular formula is C16H24ClN3S. The number of benzene rings is 1. The van der Waals surface area contributed by atoms with Crippen molar-refractivity contribution >= 4 is 34.6 Å². The predicted octanol–water partition coefficient (Wildman–Crippen LogP) is 3.75.